The van der Waals surface area contributed by atoms with Crippen LogP contribution < -0.4 is 5.56 Å². The third-order valence-corrected chi connectivity index (χ3v) is 4.99. The minimum absolute atomic E-state index is 0.0768. The molecule has 0 spiro atoms. The number of aryl methyl sites for hydroxylation is 2. The fourth-order valence-electron chi connectivity index (χ4n) is 3.02. The molecule has 0 N–H and O–H groups in total. The molecule has 2 heterocycles. The van der Waals surface area contributed by atoms with Crippen LogP contribution in [0, 0.1) is 13.8 Å². The average Bonchev–Trinajstić information content (AvgIpc) is 3.11. The molecule has 0 saturated carbocycles. The molecule has 0 saturated heterocycles. The van der Waals surface area contributed by atoms with Crippen molar-refractivity contribution in [1.29, 1.82) is 0 Å². The second-order valence-corrected chi connectivity index (χ2v) is 7.11. The van der Waals surface area contributed by atoms with E-state index in [1.54, 1.807) is 28.9 Å². The van der Waals surface area contributed by atoms with E-state index in [2.05, 4.69) is 10.1 Å². The fourth-order valence-corrected chi connectivity index (χ4v) is 3.20. The first-order valence-electron chi connectivity index (χ1n) is 8.73. The van der Waals surface area contributed by atoms with Gasteiger partial charge in [0.05, 0.1) is 18.4 Å². The molecule has 4 aromatic rings. The second-order valence-electron chi connectivity index (χ2n) is 6.67. The third-order valence-electron chi connectivity index (χ3n) is 4.75. The van der Waals surface area contributed by atoms with Gasteiger partial charge in [0, 0.05) is 10.6 Å². The molecule has 6 nitrogen and oxygen atoms in total. The normalized spacial score (nSPS) is 11.1. The number of hydrogen-bond donors (Lipinski definition) is 0. The number of benzene rings is 2. The van der Waals surface area contributed by atoms with Crippen LogP contribution in [0.2, 0.25) is 5.02 Å². The predicted octanol–water partition coefficient (Wildman–Crippen LogP) is 3.74. The first-order chi connectivity index (χ1) is 13.4. The Morgan fingerprint density at radius 2 is 1.93 bits per heavy atom. The number of halogens is 1. The van der Waals surface area contributed by atoms with Gasteiger partial charge in [-0.15, -0.1) is 0 Å². The van der Waals surface area contributed by atoms with E-state index in [-0.39, 0.29) is 17.9 Å². The number of nitrogens with zero attached hydrogens (tertiary/aromatic N) is 4. The highest BCUT2D eigenvalue weighted by atomic mass is 35.5. The van der Waals surface area contributed by atoms with Crippen LogP contribution in [-0.4, -0.2) is 25.1 Å². The summed E-state index contributed by atoms with van der Waals surface area (Å²) in [7, 11) is 0. The number of ketones is 1. The number of hydrogen-bond acceptors (Lipinski definition) is 4. The standard InChI is InChI=1S/C21H17ClN4O2/c1-13-6-7-15(8-14(13)2)19(27)11-25-12-23-20-18(21(25)28)10-24-26(20)17-5-3-4-16(22)9-17/h3-10,12H,11H2,1-2H3. The SMILES string of the molecule is Cc1ccc(C(=O)Cn2cnc3c(cnn3-c3cccc(Cl)c3)c2=O)cc1C. The lowest BCUT2D eigenvalue weighted by Crippen LogP contribution is -2.24. The van der Waals surface area contributed by atoms with E-state index in [0.29, 0.717) is 27.3 Å². The number of fused-ring (bicyclic) bond motifs is 1. The molecule has 0 aliphatic carbocycles. The van der Waals surface area contributed by atoms with Gasteiger partial charge in [-0.1, -0.05) is 29.8 Å². The minimum Gasteiger partial charge on any atom is -0.292 e. The van der Waals surface area contributed by atoms with Gasteiger partial charge in [-0.25, -0.2) is 9.67 Å². The van der Waals surface area contributed by atoms with E-state index in [0.717, 1.165) is 11.1 Å². The van der Waals surface area contributed by atoms with E-state index < -0.39 is 0 Å². The highest BCUT2D eigenvalue weighted by Crippen LogP contribution is 2.18. The molecule has 0 aliphatic heterocycles. The predicted molar refractivity (Wildman–Crippen MR) is 108 cm³/mol. The Morgan fingerprint density at radius 3 is 2.68 bits per heavy atom. The monoisotopic (exact) mass is 392 g/mol. The average molecular weight is 393 g/mol. The van der Waals surface area contributed by atoms with Crippen molar-refractivity contribution in [3.63, 3.8) is 0 Å². The van der Waals surface area contributed by atoms with Gasteiger partial charge in [-0.3, -0.25) is 14.2 Å². The summed E-state index contributed by atoms with van der Waals surface area (Å²) in [5, 5.41) is 5.17. The van der Waals surface area contributed by atoms with Gasteiger partial charge in [0.2, 0.25) is 0 Å². The summed E-state index contributed by atoms with van der Waals surface area (Å²) in [4.78, 5) is 29.8. The van der Waals surface area contributed by atoms with Crippen molar-refractivity contribution in [2.75, 3.05) is 0 Å². The maximum Gasteiger partial charge on any atom is 0.264 e. The second kappa shape index (κ2) is 7.05. The molecule has 7 heteroatoms. The molecule has 0 fully saturated rings. The first kappa shape index (κ1) is 18.1. The number of carbonyl (C=O) groups excluding carboxylic acids is 1. The fraction of sp³-hybridized carbons (Fsp3) is 0.143. The lowest BCUT2D eigenvalue weighted by Gasteiger charge is -2.07. The topological polar surface area (TPSA) is 69.8 Å². The van der Waals surface area contributed by atoms with E-state index in [4.69, 9.17) is 11.6 Å². The maximum atomic E-state index is 12.8. The van der Waals surface area contributed by atoms with Crippen molar-refractivity contribution in [3.8, 4) is 5.69 Å². The van der Waals surface area contributed by atoms with Crippen molar-refractivity contribution < 1.29 is 4.79 Å². The molecule has 4 rings (SSSR count). The van der Waals surface area contributed by atoms with E-state index >= 15 is 0 Å². The van der Waals surface area contributed by atoms with E-state index in [9.17, 15) is 9.59 Å². The minimum atomic E-state index is -0.310. The highest BCUT2D eigenvalue weighted by Gasteiger charge is 2.14. The Hall–Kier alpha value is -3.25. The largest absolute Gasteiger partial charge is 0.292 e. The summed E-state index contributed by atoms with van der Waals surface area (Å²) in [6.07, 6.45) is 2.84. The van der Waals surface area contributed by atoms with Gasteiger partial charge in [0.15, 0.2) is 11.4 Å². The maximum absolute atomic E-state index is 12.8. The van der Waals surface area contributed by atoms with Crippen LogP contribution in [0.3, 0.4) is 0 Å². The van der Waals surface area contributed by atoms with Crippen LogP contribution in [0.25, 0.3) is 16.7 Å². The van der Waals surface area contributed by atoms with Crippen molar-refractivity contribution in [1.82, 2.24) is 19.3 Å². The Balaban J connectivity index is 1.70. The lowest BCUT2D eigenvalue weighted by atomic mass is 10.0. The third kappa shape index (κ3) is 3.23. The molecule has 0 atom stereocenters. The Bertz CT molecular complexity index is 1270. The molecule has 0 amide bonds. The van der Waals surface area contributed by atoms with Gasteiger partial charge < -0.3 is 0 Å². The van der Waals surface area contributed by atoms with Crippen LogP contribution in [0.1, 0.15) is 21.5 Å². The molecule has 28 heavy (non-hydrogen) atoms. The van der Waals surface area contributed by atoms with Crippen LogP contribution in [-0.2, 0) is 6.54 Å². The quantitative estimate of drug-likeness (QED) is 0.496. The van der Waals surface area contributed by atoms with E-state index in [1.165, 1.54) is 17.1 Å². The Kier molecular flexibility index (Phi) is 4.57. The number of aromatic nitrogens is 4. The number of Topliss-reactive ketones (excluding diaryl/α,β-unsaturated/α-hetero) is 1. The molecule has 0 aliphatic rings. The zero-order valence-electron chi connectivity index (χ0n) is 15.4. The molecular weight excluding hydrogens is 376 g/mol. The molecule has 0 bridgehead atoms. The molecule has 140 valence electrons. The Labute approximate surface area is 166 Å². The van der Waals surface area contributed by atoms with Crippen LogP contribution in [0.5, 0.6) is 0 Å². The van der Waals surface area contributed by atoms with Gasteiger partial charge in [0.1, 0.15) is 11.7 Å². The first-order valence-corrected chi connectivity index (χ1v) is 9.11. The van der Waals surface area contributed by atoms with Crippen molar-refractivity contribution in [3.05, 3.63) is 87.1 Å². The summed E-state index contributed by atoms with van der Waals surface area (Å²) < 4.78 is 2.86. The summed E-state index contributed by atoms with van der Waals surface area (Å²) in [5.74, 6) is -0.145. The van der Waals surface area contributed by atoms with Gasteiger partial charge in [0.25, 0.3) is 5.56 Å². The van der Waals surface area contributed by atoms with Gasteiger partial charge in [-0.2, -0.15) is 5.10 Å². The van der Waals surface area contributed by atoms with Gasteiger partial charge in [-0.05, 0) is 49.2 Å². The summed E-state index contributed by atoms with van der Waals surface area (Å²) in [6.45, 7) is 3.87. The van der Waals surface area contributed by atoms with Crippen LogP contribution >= 0.6 is 11.6 Å². The zero-order chi connectivity index (χ0) is 19.8. The molecule has 0 radical (unpaired) electrons. The molecule has 0 unspecified atom stereocenters. The number of carbonyl (C=O) groups is 1. The summed E-state index contributed by atoms with van der Waals surface area (Å²) in [5.41, 5.74) is 3.54. The Morgan fingerprint density at radius 1 is 1.11 bits per heavy atom. The van der Waals surface area contributed by atoms with Crippen molar-refractivity contribution in [2.45, 2.75) is 20.4 Å². The lowest BCUT2D eigenvalue weighted by molar-refractivity contribution is 0.0970. The zero-order valence-corrected chi connectivity index (χ0v) is 16.1. The van der Waals surface area contributed by atoms with Gasteiger partial charge >= 0.3 is 0 Å². The van der Waals surface area contributed by atoms with Crippen LogP contribution in [0.4, 0.5) is 0 Å². The summed E-state index contributed by atoms with van der Waals surface area (Å²) in [6, 6.07) is 12.6. The van der Waals surface area contributed by atoms with E-state index in [1.807, 2.05) is 32.0 Å². The summed E-state index contributed by atoms with van der Waals surface area (Å²) >= 11 is 6.04. The molecular formula is C21H17ClN4O2. The van der Waals surface area contributed by atoms with Crippen molar-refractivity contribution in [2.24, 2.45) is 0 Å². The van der Waals surface area contributed by atoms with Crippen molar-refractivity contribution >= 4 is 28.4 Å². The smallest absolute Gasteiger partial charge is 0.264 e. The highest BCUT2D eigenvalue weighted by molar-refractivity contribution is 6.30. The number of rotatable bonds is 4. The molecule has 2 aromatic carbocycles. The molecule has 2 aromatic heterocycles. The van der Waals surface area contributed by atoms with Crippen LogP contribution in [0.15, 0.2) is 59.8 Å².